The van der Waals surface area contributed by atoms with E-state index in [0.717, 1.165) is 18.2 Å². The van der Waals surface area contributed by atoms with Crippen molar-refractivity contribution in [1.29, 1.82) is 0 Å². The summed E-state index contributed by atoms with van der Waals surface area (Å²) < 4.78 is 50.5. The van der Waals surface area contributed by atoms with Gasteiger partial charge in [0, 0.05) is 16.5 Å². The number of ether oxygens (including phenoxy) is 2. The van der Waals surface area contributed by atoms with Crippen molar-refractivity contribution in [3.8, 4) is 39.7 Å². The molecule has 0 unspecified atom stereocenters. The van der Waals surface area contributed by atoms with E-state index in [4.69, 9.17) is 24.1 Å². The molecule has 5 N–H and O–H groups in total. The molecule has 1 aliphatic carbocycles. The number of carboxylic acids is 3. The summed E-state index contributed by atoms with van der Waals surface area (Å²) in [5, 5.41) is 39.1. The Morgan fingerprint density at radius 2 is 1.47 bits per heavy atom. The number of carboxylic acid groups (broad SMARTS) is 3. The highest BCUT2D eigenvalue weighted by Gasteiger charge is 2.30. The number of carbonyl (C=O) groups is 3. The fourth-order valence-electron chi connectivity index (χ4n) is 4.13. The van der Waals surface area contributed by atoms with E-state index >= 15 is 0 Å². The van der Waals surface area contributed by atoms with E-state index in [9.17, 15) is 42.4 Å². The number of hydrogen-bond donors (Lipinski definition) is 5. The normalized spacial score (nSPS) is 11.5. The zero-order valence-corrected chi connectivity index (χ0v) is 26.4. The fourth-order valence-corrected chi connectivity index (χ4v) is 5.75. The van der Waals surface area contributed by atoms with Crippen LogP contribution in [0.5, 0.6) is 17.2 Å². The molecule has 43 heavy (non-hydrogen) atoms. The zero-order valence-electron chi connectivity index (χ0n) is 21.3. The van der Waals surface area contributed by atoms with Crippen molar-refractivity contribution in [1.82, 2.24) is 0 Å². The SMILES string of the molecule is O=C(O)CCOc1c2oc3c(OCCC(=O)O)c(O)c(I)cc3c(-c3ccc(S(=O)(=O)O)cc3C(=O)O)c-2cc(I)c1=O. The topological polar surface area (TPSA) is 235 Å². The van der Waals surface area contributed by atoms with E-state index < -0.39 is 81.5 Å². The van der Waals surface area contributed by atoms with Crippen molar-refractivity contribution in [2.75, 3.05) is 13.2 Å². The van der Waals surface area contributed by atoms with Crippen molar-refractivity contribution in [2.45, 2.75) is 17.7 Å². The van der Waals surface area contributed by atoms with Crippen LogP contribution in [0.1, 0.15) is 23.2 Å². The standard InChI is InChI=1S/C26H18I2O14S/c27-15-8-13-19(11-2-1-10(43(37,38)39)7-12(11)26(35)36)14-9-16(28)21(34)25(41-6-4-18(31)32)23(14)42-22(13)24(20(15)33)40-5-3-17(29)30/h1-2,7-9,33H,3-6H2,(H,29,30)(H,31,32)(H,35,36)(H,37,38,39). The third-order valence-corrected chi connectivity index (χ3v) is 8.44. The number of aromatic carboxylic acids is 1. The van der Waals surface area contributed by atoms with Crippen LogP contribution >= 0.6 is 45.2 Å². The first-order valence-electron chi connectivity index (χ1n) is 11.8. The van der Waals surface area contributed by atoms with Crippen LogP contribution in [0.4, 0.5) is 0 Å². The predicted octanol–water partition coefficient (Wildman–Crippen LogP) is 4.13. The van der Waals surface area contributed by atoms with Crippen LogP contribution in [-0.2, 0) is 19.7 Å². The summed E-state index contributed by atoms with van der Waals surface area (Å²) in [4.78, 5) is 47.0. The van der Waals surface area contributed by atoms with Gasteiger partial charge in [-0.05, 0) is 75.0 Å². The summed E-state index contributed by atoms with van der Waals surface area (Å²) in [6, 6.07) is 5.58. The highest BCUT2D eigenvalue weighted by molar-refractivity contribution is 14.1. The first kappa shape index (κ1) is 32.2. The van der Waals surface area contributed by atoms with Gasteiger partial charge in [-0.1, -0.05) is 6.07 Å². The number of phenolic OH excluding ortho intramolecular Hbond substituents is 1. The van der Waals surface area contributed by atoms with Gasteiger partial charge in [0.1, 0.15) is 0 Å². The van der Waals surface area contributed by atoms with E-state index in [1.807, 2.05) is 0 Å². The molecule has 2 aromatic carbocycles. The predicted molar refractivity (Wildman–Crippen MR) is 164 cm³/mol. The Morgan fingerprint density at radius 1 is 0.860 bits per heavy atom. The maximum absolute atomic E-state index is 13.1. The van der Waals surface area contributed by atoms with Crippen LogP contribution in [0.3, 0.4) is 0 Å². The fraction of sp³-hybridized carbons (Fsp3) is 0.154. The molecular weight excluding hydrogens is 822 g/mol. The van der Waals surface area contributed by atoms with Crippen LogP contribution in [0.2, 0.25) is 0 Å². The number of aromatic hydroxyl groups is 1. The molecule has 1 aliphatic heterocycles. The third-order valence-electron chi connectivity index (χ3n) is 5.96. The molecule has 226 valence electrons. The Morgan fingerprint density at radius 3 is 2.02 bits per heavy atom. The van der Waals surface area contributed by atoms with Gasteiger partial charge in [-0.3, -0.25) is 18.9 Å². The Balaban J connectivity index is 2.20. The molecule has 0 spiro atoms. The van der Waals surface area contributed by atoms with Gasteiger partial charge in [-0.25, -0.2) is 4.79 Å². The van der Waals surface area contributed by atoms with Gasteiger partial charge in [-0.15, -0.1) is 0 Å². The maximum Gasteiger partial charge on any atom is 0.336 e. The average molecular weight is 840 g/mol. The minimum absolute atomic E-state index is 0.0533. The van der Waals surface area contributed by atoms with Crippen molar-refractivity contribution in [3.63, 3.8) is 0 Å². The summed E-state index contributed by atoms with van der Waals surface area (Å²) in [5.41, 5.74) is -1.50. The monoisotopic (exact) mass is 840 g/mol. The molecule has 0 saturated heterocycles. The minimum Gasteiger partial charge on any atom is -0.503 e. The summed E-state index contributed by atoms with van der Waals surface area (Å²) in [7, 11) is -4.81. The lowest BCUT2D eigenvalue weighted by Gasteiger charge is -2.21. The lowest BCUT2D eigenvalue weighted by Crippen LogP contribution is -2.16. The van der Waals surface area contributed by atoms with E-state index in [-0.39, 0.29) is 46.3 Å². The number of hydrogen-bond acceptors (Lipinski definition) is 10. The second kappa shape index (κ2) is 12.5. The molecule has 0 amide bonds. The lowest BCUT2D eigenvalue weighted by atomic mass is 9.90. The van der Waals surface area contributed by atoms with Gasteiger partial charge in [-0.2, -0.15) is 8.42 Å². The van der Waals surface area contributed by atoms with E-state index in [1.54, 1.807) is 45.2 Å². The third kappa shape index (κ3) is 6.63. The molecule has 17 heteroatoms. The maximum atomic E-state index is 13.1. The van der Waals surface area contributed by atoms with Crippen molar-refractivity contribution >= 4 is 84.2 Å². The molecule has 0 radical (unpaired) electrons. The summed E-state index contributed by atoms with van der Waals surface area (Å²) in [5.74, 6) is -5.55. The van der Waals surface area contributed by atoms with E-state index in [0.29, 0.717) is 0 Å². The molecule has 0 bridgehead atoms. The van der Waals surface area contributed by atoms with Crippen LogP contribution in [0.15, 0.2) is 44.4 Å². The van der Waals surface area contributed by atoms with Crippen molar-refractivity contribution < 1.29 is 61.7 Å². The Kier molecular flexibility index (Phi) is 9.37. The first-order chi connectivity index (χ1) is 20.1. The highest BCUT2D eigenvalue weighted by atomic mass is 127. The Labute approximate surface area is 268 Å². The smallest absolute Gasteiger partial charge is 0.336 e. The van der Waals surface area contributed by atoms with Crippen LogP contribution < -0.4 is 14.9 Å². The van der Waals surface area contributed by atoms with E-state index in [1.165, 1.54) is 12.1 Å². The average Bonchev–Trinajstić information content (AvgIpc) is 2.91. The van der Waals surface area contributed by atoms with Crippen molar-refractivity contribution in [3.05, 3.63) is 53.3 Å². The summed E-state index contributed by atoms with van der Waals surface area (Å²) in [6.07, 6.45) is -0.963. The van der Waals surface area contributed by atoms with Gasteiger partial charge in [0.2, 0.25) is 16.9 Å². The number of fused-ring (bicyclic) bond motifs is 2. The van der Waals surface area contributed by atoms with Gasteiger partial charge in [0.25, 0.3) is 10.1 Å². The molecule has 0 saturated carbocycles. The number of aliphatic carboxylic acids is 2. The largest absolute Gasteiger partial charge is 0.503 e. The van der Waals surface area contributed by atoms with Crippen LogP contribution in [-0.4, -0.2) is 64.5 Å². The molecule has 2 aromatic rings. The number of phenols is 1. The minimum atomic E-state index is -4.81. The molecule has 0 aromatic heterocycles. The Hall–Kier alpha value is -3.69. The number of halogens is 2. The van der Waals surface area contributed by atoms with Gasteiger partial charge in [0.05, 0.1) is 43.7 Å². The van der Waals surface area contributed by atoms with Crippen LogP contribution in [0, 0.1) is 7.14 Å². The van der Waals surface area contributed by atoms with Crippen LogP contribution in [0.25, 0.3) is 33.4 Å². The van der Waals surface area contributed by atoms with Crippen molar-refractivity contribution in [2.24, 2.45) is 0 Å². The van der Waals surface area contributed by atoms with Gasteiger partial charge < -0.3 is 34.3 Å². The highest BCUT2D eigenvalue weighted by Crippen LogP contribution is 2.50. The molecule has 2 aliphatic rings. The quantitative estimate of drug-likeness (QED) is 0.0812. The molecule has 14 nitrogen and oxygen atoms in total. The second-order valence-electron chi connectivity index (χ2n) is 8.76. The number of benzene rings is 3. The lowest BCUT2D eigenvalue weighted by molar-refractivity contribution is -0.138. The second-order valence-corrected chi connectivity index (χ2v) is 12.5. The molecular formula is C26H18I2O14S. The van der Waals surface area contributed by atoms with Gasteiger partial charge >= 0.3 is 17.9 Å². The first-order valence-corrected chi connectivity index (χ1v) is 15.4. The van der Waals surface area contributed by atoms with E-state index in [2.05, 4.69) is 0 Å². The zero-order chi connectivity index (χ0) is 31.8. The number of rotatable bonds is 11. The molecule has 1 heterocycles. The summed E-state index contributed by atoms with van der Waals surface area (Å²) in [6.45, 7) is -0.877. The molecule has 4 rings (SSSR count). The van der Waals surface area contributed by atoms with Gasteiger partial charge in [0.15, 0.2) is 17.1 Å². The summed E-state index contributed by atoms with van der Waals surface area (Å²) >= 11 is 3.46. The molecule has 0 fully saturated rings. The Bertz CT molecular complexity index is 1950. The molecule has 0 atom stereocenters.